The molecule has 0 bridgehead atoms. The van der Waals surface area contributed by atoms with Crippen molar-refractivity contribution in [3.8, 4) is 0 Å². The van der Waals surface area contributed by atoms with Crippen LogP contribution in [0.2, 0.25) is 0 Å². The number of nitrogens with zero attached hydrogens (tertiary/aromatic N) is 2. The second-order valence-corrected chi connectivity index (χ2v) is 13.2. The molecule has 4 rings (SSSR count). The van der Waals surface area contributed by atoms with E-state index >= 15 is 0 Å². The Bertz CT molecular complexity index is 1330. The Labute approximate surface area is 252 Å². The van der Waals surface area contributed by atoms with E-state index in [0.717, 1.165) is 14.3 Å². The number of carboxylic acids is 2. The number of nitrogens with two attached hydrogens (primary N) is 1. The van der Waals surface area contributed by atoms with Crippen LogP contribution in [0.1, 0.15) is 12.8 Å². The molecule has 14 heteroatoms. The number of carbonyl (C=O) groups excluding carboxylic acids is 3. The van der Waals surface area contributed by atoms with Crippen molar-refractivity contribution in [3.63, 3.8) is 0 Å². The van der Waals surface area contributed by atoms with E-state index in [2.05, 4.69) is 21.2 Å². The van der Waals surface area contributed by atoms with E-state index in [4.69, 9.17) is 5.73 Å². The number of pyridine rings is 1. The molecule has 10 nitrogen and oxygen atoms in total. The summed E-state index contributed by atoms with van der Waals surface area (Å²) in [5.74, 6) is -2.14. The number of aliphatic carboxylic acids is 2. The molecule has 3 atom stereocenters. The van der Waals surface area contributed by atoms with Crippen LogP contribution in [0.5, 0.6) is 0 Å². The molecule has 40 heavy (non-hydrogen) atoms. The number of benzene rings is 1. The van der Waals surface area contributed by atoms with Crippen LogP contribution in [0.4, 0.5) is 0 Å². The number of aryl methyl sites for hydroxylation is 1. The van der Waals surface area contributed by atoms with Crippen molar-refractivity contribution in [2.75, 3.05) is 17.3 Å². The zero-order chi connectivity index (χ0) is 28.8. The molecule has 2 amide bonds. The smallest absolute Gasteiger partial charge is 0.352 e. The number of carboxylic acid groups (broad SMARTS) is 2. The Hall–Kier alpha value is -2.52. The van der Waals surface area contributed by atoms with E-state index in [1.165, 1.54) is 40.2 Å². The summed E-state index contributed by atoms with van der Waals surface area (Å²) in [7, 11) is 0. The highest BCUT2D eigenvalue weighted by Gasteiger charge is 2.54. The van der Waals surface area contributed by atoms with Gasteiger partial charge in [-0.25, -0.2) is 9.36 Å². The summed E-state index contributed by atoms with van der Waals surface area (Å²) in [5.41, 5.74) is 6.12. The molecule has 2 aliphatic rings. The van der Waals surface area contributed by atoms with Crippen LogP contribution in [-0.4, -0.2) is 68.5 Å². The number of β-lactam (4-membered cyclic amide) rings is 1. The molecule has 0 spiro atoms. The Morgan fingerprint density at radius 2 is 1.98 bits per heavy atom. The van der Waals surface area contributed by atoms with Gasteiger partial charge in [0.05, 0.1) is 11.7 Å². The summed E-state index contributed by atoms with van der Waals surface area (Å²) < 4.78 is 2.83. The highest BCUT2D eigenvalue weighted by atomic mass is 79.9. The maximum Gasteiger partial charge on any atom is 0.352 e. The number of hydrogen-bond donors (Lipinski definition) is 3. The first-order valence-corrected chi connectivity index (χ1v) is 16.1. The first-order valence-electron chi connectivity index (χ1n) is 12.3. The number of rotatable bonds is 13. The molecule has 1 aromatic heterocycles. The number of carbonyl (C=O) groups is 4. The number of aromatic nitrogens is 1. The van der Waals surface area contributed by atoms with Crippen LogP contribution >= 0.6 is 51.2 Å². The third-order valence-corrected chi connectivity index (χ3v) is 10.2. The number of amides is 2. The molecule has 0 aliphatic carbocycles. The zero-order valence-electron chi connectivity index (χ0n) is 21.2. The molecule has 0 unspecified atom stereocenters. The van der Waals surface area contributed by atoms with Crippen LogP contribution in [0.3, 0.4) is 0 Å². The van der Waals surface area contributed by atoms with Crippen LogP contribution in [0, 0.1) is 0 Å². The van der Waals surface area contributed by atoms with Gasteiger partial charge in [-0.2, -0.15) is 0 Å². The van der Waals surface area contributed by atoms with E-state index in [9.17, 15) is 29.4 Å². The largest absolute Gasteiger partial charge is 0.548 e. The lowest BCUT2D eigenvalue weighted by molar-refractivity contribution is -0.697. The number of hydrogen-bond acceptors (Lipinski definition) is 9. The minimum absolute atomic E-state index is 0.00878. The van der Waals surface area contributed by atoms with Crippen molar-refractivity contribution in [2.24, 2.45) is 5.73 Å². The summed E-state index contributed by atoms with van der Waals surface area (Å²) in [4.78, 5) is 51.4. The quantitative estimate of drug-likeness (QED) is 0.161. The first kappa shape index (κ1) is 30.4. The van der Waals surface area contributed by atoms with Crippen LogP contribution in [0.15, 0.2) is 74.3 Å². The second kappa shape index (κ2) is 13.9. The minimum atomic E-state index is -1.26. The predicted octanol–water partition coefficient (Wildman–Crippen LogP) is 1.22. The van der Waals surface area contributed by atoms with Crippen molar-refractivity contribution in [1.29, 1.82) is 0 Å². The van der Waals surface area contributed by atoms with Gasteiger partial charge in [0.2, 0.25) is 5.91 Å². The molecule has 2 aromatic rings. The predicted molar refractivity (Wildman–Crippen MR) is 154 cm³/mol. The van der Waals surface area contributed by atoms with Gasteiger partial charge < -0.3 is 26.1 Å². The topological polar surface area (TPSA) is 157 Å². The van der Waals surface area contributed by atoms with Crippen molar-refractivity contribution in [1.82, 2.24) is 10.2 Å². The fraction of sp³-hybridized carbons (Fsp3) is 0.346. The summed E-state index contributed by atoms with van der Waals surface area (Å²) in [6.07, 6.45) is 4.65. The molecular formula is C26H27BrN4O6S3. The first-order chi connectivity index (χ1) is 19.1. The van der Waals surface area contributed by atoms with E-state index in [-0.39, 0.29) is 17.4 Å². The molecule has 0 radical (unpaired) electrons. The average Bonchev–Trinajstić information content (AvgIpc) is 2.93. The van der Waals surface area contributed by atoms with Gasteiger partial charge in [0.15, 0.2) is 12.4 Å². The van der Waals surface area contributed by atoms with Gasteiger partial charge in [0.25, 0.3) is 5.91 Å². The Kier molecular flexibility index (Phi) is 10.6. The van der Waals surface area contributed by atoms with Crippen molar-refractivity contribution >= 4 is 75.0 Å². The van der Waals surface area contributed by atoms with E-state index in [0.29, 0.717) is 36.5 Å². The monoisotopic (exact) mass is 666 g/mol. The molecular weight excluding hydrogens is 640 g/mol. The number of halogens is 1. The fourth-order valence-electron chi connectivity index (χ4n) is 4.19. The van der Waals surface area contributed by atoms with Crippen molar-refractivity contribution < 1.29 is 34.0 Å². The van der Waals surface area contributed by atoms with Gasteiger partial charge in [0.1, 0.15) is 23.7 Å². The zero-order valence-corrected chi connectivity index (χ0v) is 25.2. The molecule has 4 N–H and O–H groups in total. The Morgan fingerprint density at radius 3 is 2.65 bits per heavy atom. The van der Waals surface area contributed by atoms with E-state index in [1.807, 2.05) is 53.4 Å². The van der Waals surface area contributed by atoms with Crippen LogP contribution < -0.4 is 20.7 Å². The number of thioether (sulfide) groups is 3. The number of fused-ring (bicyclic) bond motifs is 1. The maximum atomic E-state index is 12.9. The average molecular weight is 668 g/mol. The normalized spacial score (nSPS) is 19.1. The highest BCUT2D eigenvalue weighted by molar-refractivity contribution is 9.10. The molecule has 0 saturated carbocycles. The third kappa shape index (κ3) is 7.60. The lowest BCUT2D eigenvalue weighted by Gasteiger charge is -2.49. The molecule has 2 aliphatic heterocycles. The molecule has 1 aromatic carbocycles. The minimum Gasteiger partial charge on any atom is -0.548 e. The van der Waals surface area contributed by atoms with Crippen LogP contribution in [0.25, 0.3) is 0 Å². The standard InChI is InChI=1S/C26H27BrN4O6S3/c27-16-3-1-4-18(11-16)39-14-20(32)29-21-23(33)31-22(26(36)37)15(13-40-24(21)31)12-38-17-6-9-30(10-7-17)8-2-5-19(28)25(34)35/h1,3-4,6-7,9-11,19,21,24H,2,5,8,12-14,28H2,(H2-,29,32,34,35,36,37)/t19-,21+,24+/m0/s1. The molecule has 212 valence electrons. The van der Waals surface area contributed by atoms with Gasteiger partial charge in [-0.3, -0.25) is 14.5 Å². The van der Waals surface area contributed by atoms with E-state index < -0.39 is 35.3 Å². The Balaban J connectivity index is 1.30. The highest BCUT2D eigenvalue weighted by Crippen LogP contribution is 2.41. The lowest BCUT2D eigenvalue weighted by Crippen LogP contribution is -2.70. The number of nitrogens with one attached hydrogen (secondary N) is 1. The van der Waals surface area contributed by atoms with Crippen LogP contribution in [-0.2, 0) is 25.7 Å². The lowest BCUT2D eigenvalue weighted by atomic mass is 10.0. The molecule has 3 heterocycles. The fourth-order valence-corrected chi connectivity index (χ4v) is 7.87. The summed E-state index contributed by atoms with van der Waals surface area (Å²) in [5, 5.41) is 23.0. The van der Waals surface area contributed by atoms with Crippen molar-refractivity contribution in [3.05, 3.63) is 64.5 Å². The maximum absolute atomic E-state index is 12.9. The second-order valence-electron chi connectivity index (χ2n) is 9.09. The van der Waals surface area contributed by atoms with E-state index in [1.54, 1.807) is 0 Å². The summed E-state index contributed by atoms with van der Waals surface area (Å²) in [6, 6.07) is 9.63. The SMILES string of the molecule is N[C@@H](CCC[n+]1ccc(SCC2=C(C(=O)O)N3C(=O)[C@@H](NC(=O)CSc4cccc(Br)c4)[C@H]3SC2)cc1)C(=O)[O-]. The van der Waals surface area contributed by atoms with Crippen molar-refractivity contribution in [2.45, 2.75) is 46.6 Å². The van der Waals surface area contributed by atoms with Gasteiger partial charge in [-0.05, 0) is 30.2 Å². The van der Waals surface area contributed by atoms with Gasteiger partial charge in [-0.15, -0.1) is 35.3 Å². The van der Waals surface area contributed by atoms with Gasteiger partial charge in [-0.1, -0.05) is 22.0 Å². The molecule has 1 saturated heterocycles. The van der Waals surface area contributed by atoms with Gasteiger partial charge >= 0.3 is 5.97 Å². The summed E-state index contributed by atoms with van der Waals surface area (Å²) in [6.45, 7) is 0.607. The third-order valence-electron chi connectivity index (χ3n) is 6.24. The molecule has 1 fully saturated rings. The summed E-state index contributed by atoms with van der Waals surface area (Å²) >= 11 is 7.67. The van der Waals surface area contributed by atoms with Gasteiger partial charge in [0, 0.05) is 50.4 Å². The Morgan fingerprint density at radius 1 is 1.23 bits per heavy atom.